The number of carbonyl (C=O) groups excluding carboxylic acids is 1. The van der Waals surface area contributed by atoms with Crippen molar-refractivity contribution in [3.63, 3.8) is 0 Å². The van der Waals surface area contributed by atoms with Gasteiger partial charge in [0.25, 0.3) is 5.69 Å². The topological polar surface area (TPSA) is 69.4 Å². The van der Waals surface area contributed by atoms with Crippen LogP contribution in [0.4, 0.5) is 10.1 Å². The molecular formula is C14H10FNO4. The van der Waals surface area contributed by atoms with Crippen molar-refractivity contribution < 1.29 is 18.8 Å². The van der Waals surface area contributed by atoms with Gasteiger partial charge >= 0.3 is 0 Å². The van der Waals surface area contributed by atoms with Gasteiger partial charge in [-0.15, -0.1) is 0 Å². The van der Waals surface area contributed by atoms with Crippen LogP contribution in [0, 0.1) is 15.9 Å². The first-order valence-corrected chi connectivity index (χ1v) is 5.70. The quantitative estimate of drug-likeness (QED) is 0.484. The molecule has 5 nitrogen and oxygen atoms in total. The zero-order chi connectivity index (χ0) is 14.7. The van der Waals surface area contributed by atoms with E-state index in [0.29, 0.717) is 0 Å². The van der Waals surface area contributed by atoms with Crippen LogP contribution < -0.4 is 4.74 Å². The Morgan fingerprint density at radius 1 is 1.25 bits per heavy atom. The Hall–Kier alpha value is -2.76. The van der Waals surface area contributed by atoms with E-state index in [1.165, 1.54) is 37.3 Å². The molecule has 0 aliphatic heterocycles. The molecule has 0 saturated carbocycles. The highest BCUT2D eigenvalue weighted by molar-refractivity contribution is 5.96. The summed E-state index contributed by atoms with van der Waals surface area (Å²) in [5, 5.41) is 10.7. The van der Waals surface area contributed by atoms with E-state index < -0.39 is 10.7 Å². The number of carbonyl (C=O) groups is 1. The third-order valence-electron chi connectivity index (χ3n) is 2.58. The fraction of sp³-hybridized carbons (Fsp3) is 0.0714. The minimum Gasteiger partial charge on any atom is -0.456 e. The van der Waals surface area contributed by atoms with Crippen molar-refractivity contribution >= 4 is 11.5 Å². The van der Waals surface area contributed by atoms with Crippen LogP contribution in [0.15, 0.2) is 42.5 Å². The first kappa shape index (κ1) is 13.7. The maximum absolute atomic E-state index is 13.1. The van der Waals surface area contributed by atoms with Crippen molar-refractivity contribution in [2.45, 2.75) is 6.92 Å². The van der Waals surface area contributed by atoms with Crippen molar-refractivity contribution in [1.82, 2.24) is 0 Å². The number of ketones is 1. The number of hydrogen-bond acceptors (Lipinski definition) is 4. The van der Waals surface area contributed by atoms with Crippen LogP contribution in [0.25, 0.3) is 0 Å². The van der Waals surface area contributed by atoms with Crippen LogP contribution in [0.3, 0.4) is 0 Å². The number of nitro benzene ring substituents is 1. The second kappa shape index (κ2) is 5.48. The average Bonchev–Trinajstić information content (AvgIpc) is 2.41. The van der Waals surface area contributed by atoms with Crippen LogP contribution in [0.2, 0.25) is 0 Å². The maximum Gasteiger partial charge on any atom is 0.273 e. The lowest BCUT2D eigenvalue weighted by atomic mass is 10.1. The Kier molecular flexibility index (Phi) is 3.74. The summed E-state index contributed by atoms with van der Waals surface area (Å²) in [4.78, 5) is 21.5. The molecule has 0 aliphatic carbocycles. The van der Waals surface area contributed by atoms with Crippen LogP contribution in [-0.2, 0) is 0 Å². The van der Waals surface area contributed by atoms with Crippen molar-refractivity contribution in [2.75, 3.05) is 0 Å². The largest absolute Gasteiger partial charge is 0.456 e. The summed E-state index contributed by atoms with van der Waals surface area (Å²) in [5.74, 6) is -0.556. The van der Waals surface area contributed by atoms with E-state index in [0.717, 1.165) is 12.1 Å². The molecule has 0 atom stereocenters. The second-order valence-corrected chi connectivity index (χ2v) is 4.05. The van der Waals surface area contributed by atoms with Gasteiger partial charge in [-0.3, -0.25) is 14.9 Å². The van der Waals surface area contributed by atoms with E-state index in [1.807, 2.05) is 0 Å². The van der Waals surface area contributed by atoms with E-state index in [9.17, 15) is 19.3 Å². The van der Waals surface area contributed by atoms with Gasteiger partial charge in [-0.05, 0) is 31.2 Å². The summed E-state index contributed by atoms with van der Waals surface area (Å²) < 4.78 is 18.5. The molecule has 6 heteroatoms. The van der Waals surface area contributed by atoms with Crippen LogP contribution in [0.1, 0.15) is 17.3 Å². The SMILES string of the molecule is CC(=O)c1cc(F)ccc1Oc1cccc([N+](=O)[O-])c1. The molecule has 0 fully saturated rings. The number of halogens is 1. The third kappa shape index (κ3) is 2.97. The molecule has 0 spiro atoms. The summed E-state index contributed by atoms with van der Waals surface area (Å²) in [6.07, 6.45) is 0. The van der Waals surface area contributed by atoms with E-state index >= 15 is 0 Å². The number of Topliss-reactive ketones (excluding diaryl/α,β-unsaturated/α-hetero) is 1. The number of hydrogen-bond donors (Lipinski definition) is 0. The Balaban J connectivity index is 2.37. The van der Waals surface area contributed by atoms with Crippen molar-refractivity contribution in [1.29, 1.82) is 0 Å². The van der Waals surface area contributed by atoms with Gasteiger partial charge in [-0.2, -0.15) is 0 Å². The van der Waals surface area contributed by atoms with Crippen LogP contribution in [-0.4, -0.2) is 10.7 Å². The molecule has 2 rings (SSSR count). The number of rotatable bonds is 4. The summed E-state index contributed by atoms with van der Waals surface area (Å²) in [5.41, 5.74) is -0.0505. The third-order valence-corrected chi connectivity index (χ3v) is 2.58. The minimum absolute atomic E-state index is 0.0801. The van der Waals surface area contributed by atoms with Crippen molar-refractivity contribution in [3.05, 3.63) is 64.0 Å². The Labute approximate surface area is 113 Å². The number of ether oxygens (including phenoxy) is 1. The zero-order valence-electron chi connectivity index (χ0n) is 10.5. The average molecular weight is 275 g/mol. The van der Waals surface area contributed by atoms with Gasteiger partial charge in [0, 0.05) is 6.07 Å². The minimum atomic E-state index is -0.554. The molecule has 2 aromatic carbocycles. The molecule has 0 amide bonds. The van der Waals surface area contributed by atoms with E-state index in [2.05, 4.69) is 0 Å². The van der Waals surface area contributed by atoms with Crippen LogP contribution >= 0.6 is 0 Å². The molecule has 2 aromatic rings. The molecule has 0 bridgehead atoms. The maximum atomic E-state index is 13.1. The smallest absolute Gasteiger partial charge is 0.273 e. The number of nitrogens with zero attached hydrogens (tertiary/aromatic N) is 1. The lowest BCUT2D eigenvalue weighted by Crippen LogP contribution is -1.98. The Morgan fingerprint density at radius 3 is 2.65 bits per heavy atom. The highest BCUT2D eigenvalue weighted by Gasteiger charge is 2.12. The van der Waals surface area contributed by atoms with Gasteiger partial charge in [0.1, 0.15) is 17.3 Å². The predicted molar refractivity (Wildman–Crippen MR) is 69.6 cm³/mol. The van der Waals surface area contributed by atoms with Gasteiger partial charge in [0.05, 0.1) is 16.6 Å². The lowest BCUT2D eigenvalue weighted by molar-refractivity contribution is -0.384. The number of nitro groups is 1. The molecule has 0 saturated heterocycles. The molecule has 20 heavy (non-hydrogen) atoms. The molecule has 0 heterocycles. The zero-order valence-corrected chi connectivity index (χ0v) is 10.5. The van der Waals surface area contributed by atoms with Gasteiger partial charge in [0.2, 0.25) is 0 Å². The normalized spacial score (nSPS) is 10.1. The fourth-order valence-corrected chi connectivity index (χ4v) is 1.65. The van der Waals surface area contributed by atoms with Gasteiger partial charge in [0.15, 0.2) is 5.78 Å². The van der Waals surface area contributed by atoms with Crippen molar-refractivity contribution in [2.24, 2.45) is 0 Å². The molecular weight excluding hydrogens is 265 g/mol. The van der Waals surface area contributed by atoms with Gasteiger partial charge in [-0.25, -0.2) is 4.39 Å². The van der Waals surface area contributed by atoms with Gasteiger partial charge < -0.3 is 4.74 Å². The fourth-order valence-electron chi connectivity index (χ4n) is 1.65. The van der Waals surface area contributed by atoms with E-state index in [1.54, 1.807) is 0 Å². The summed E-state index contributed by atoms with van der Waals surface area (Å²) in [7, 11) is 0. The van der Waals surface area contributed by atoms with Crippen molar-refractivity contribution in [3.8, 4) is 11.5 Å². The summed E-state index contributed by atoms with van der Waals surface area (Å²) in [6, 6.07) is 9.06. The summed E-state index contributed by atoms with van der Waals surface area (Å²) >= 11 is 0. The predicted octanol–water partition coefficient (Wildman–Crippen LogP) is 3.73. The monoisotopic (exact) mass is 275 g/mol. The number of benzene rings is 2. The first-order valence-electron chi connectivity index (χ1n) is 5.70. The second-order valence-electron chi connectivity index (χ2n) is 4.05. The molecule has 0 N–H and O–H groups in total. The highest BCUT2D eigenvalue weighted by atomic mass is 19.1. The molecule has 0 unspecified atom stereocenters. The molecule has 0 aromatic heterocycles. The van der Waals surface area contributed by atoms with Crippen LogP contribution in [0.5, 0.6) is 11.5 Å². The standard InChI is InChI=1S/C14H10FNO4/c1-9(17)13-7-10(15)5-6-14(13)20-12-4-2-3-11(8-12)16(18)19/h2-8H,1H3. The highest BCUT2D eigenvalue weighted by Crippen LogP contribution is 2.28. The lowest BCUT2D eigenvalue weighted by Gasteiger charge is -2.09. The Morgan fingerprint density at radius 2 is 2.00 bits per heavy atom. The Bertz CT molecular complexity index is 685. The number of non-ortho nitro benzene ring substituents is 1. The molecule has 102 valence electrons. The van der Waals surface area contributed by atoms with Gasteiger partial charge in [-0.1, -0.05) is 6.07 Å². The molecule has 0 radical (unpaired) electrons. The van der Waals surface area contributed by atoms with E-state index in [-0.39, 0.29) is 28.5 Å². The first-order chi connectivity index (χ1) is 9.47. The molecule has 0 aliphatic rings. The summed E-state index contributed by atoms with van der Waals surface area (Å²) in [6.45, 7) is 1.29. The van der Waals surface area contributed by atoms with E-state index in [4.69, 9.17) is 4.74 Å².